The number of aliphatic hydroxyl groups excluding tert-OH is 1. The van der Waals surface area contributed by atoms with Gasteiger partial charge in [-0.3, -0.25) is 0 Å². The highest BCUT2D eigenvalue weighted by atomic mass is 16.5. The number of nitrogens with zero attached hydrogens (tertiary/aromatic N) is 1. The van der Waals surface area contributed by atoms with Gasteiger partial charge in [0.1, 0.15) is 6.04 Å². The molecule has 7 nitrogen and oxygen atoms in total. The van der Waals surface area contributed by atoms with Crippen molar-refractivity contribution in [1.82, 2.24) is 10.2 Å². The molecule has 122 valence electrons. The minimum atomic E-state index is -1.02. The standard InChI is InChI=1S/C14H26N2O5/c1-21-10-4-7-12(13(18)19)15-14(20)16-8-2-5-11(16)6-3-9-17/h11-12,17H,2-10H2,1H3,(H,15,20)(H,18,19). The topological polar surface area (TPSA) is 99.1 Å². The summed E-state index contributed by atoms with van der Waals surface area (Å²) in [5, 5.41) is 20.6. The van der Waals surface area contributed by atoms with Gasteiger partial charge < -0.3 is 25.2 Å². The number of methoxy groups -OCH3 is 1. The fraction of sp³-hybridized carbons (Fsp3) is 0.857. The lowest BCUT2D eigenvalue weighted by molar-refractivity contribution is -0.139. The zero-order chi connectivity index (χ0) is 15.7. The largest absolute Gasteiger partial charge is 0.480 e. The summed E-state index contributed by atoms with van der Waals surface area (Å²) < 4.78 is 4.90. The van der Waals surface area contributed by atoms with Gasteiger partial charge >= 0.3 is 12.0 Å². The molecular formula is C14H26N2O5. The first kappa shape index (κ1) is 17.7. The molecule has 0 saturated carbocycles. The van der Waals surface area contributed by atoms with E-state index in [-0.39, 0.29) is 18.7 Å². The number of carbonyl (C=O) groups excluding carboxylic acids is 1. The molecule has 2 atom stereocenters. The minimum Gasteiger partial charge on any atom is -0.480 e. The number of hydrogen-bond donors (Lipinski definition) is 3. The Morgan fingerprint density at radius 1 is 1.43 bits per heavy atom. The van der Waals surface area contributed by atoms with Crippen LogP contribution in [-0.2, 0) is 9.53 Å². The maximum absolute atomic E-state index is 12.2. The van der Waals surface area contributed by atoms with E-state index in [1.807, 2.05) is 0 Å². The van der Waals surface area contributed by atoms with Crippen LogP contribution in [-0.4, -0.2) is 66.1 Å². The fourth-order valence-corrected chi connectivity index (χ4v) is 2.65. The second-order valence-electron chi connectivity index (χ2n) is 5.33. The van der Waals surface area contributed by atoms with Crippen molar-refractivity contribution in [2.45, 2.75) is 50.6 Å². The highest BCUT2D eigenvalue weighted by molar-refractivity contribution is 5.82. The predicted octanol–water partition coefficient (Wildman–Crippen LogP) is 0.813. The quantitative estimate of drug-likeness (QED) is 0.547. The summed E-state index contributed by atoms with van der Waals surface area (Å²) in [4.78, 5) is 25.1. The zero-order valence-electron chi connectivity index (χ0n) is 12.6. The van der Waals surface area contributed by atoms with Gasteiger partial charge in [-0.05, 0) is 38.5 Å². The molecule has 0 aliphatic carbocycles. The number of urea groups is 1. The van der Waals surface area contributed by atoms with Gasteiger partial charge in [-0.15, -0.1) is 0 Å². The number of carbonyl (C=O) groups is 2. The molecule has 1 saturated heterocycles. The Balaban J connectivity index is 2.49. The van der Waals surface area contributed by atoms with Crippen LogP contribution in [0.5, 0.6) is 0 Å². The van der Waals surface area contributed by atoms with Crippen LogP contribution in [0.15, 0.2) is 0 Å². The number of hydrogen-bond acceptors (Lipinski definition) is 4. The van der Waals surface area contributed by atoms with Crippen molar-refractivity contribution < 1.29 is 24.5 Å². The van der Waals surface area contributed by atoms with E-state index in [4.69, 9.17) is 14.9 Å². The SMILES string of the molecule is COCCCC(NC(=O)N1CCCC1CCCO)C(=O)O. The van der Waals surface area contributed by atoms with Crippen LogP contribution in [0.2, 0.25) is 0 Å². The summed E-state index contributed by atoms with van der Waals surface area (Å²) in [6.07, 6.45) is 4.18. The van der Waals surface area contributed by atoms with Gasteiger partial charge in [0.25, 0.3) is 0 Å². The molecule has 0 spiro atoms. The summed E-state index contributed by atoms with van der Waals surface area (Å²) >= 11 is 0. The average molecular weight is 302 g/mol. The molecule has 0 aromatic rings. The highest BCUT2D eigenvalue weighted by Crippen LogP contribution is 2.21. The van der Waals surface area contributed by atoms with Gasteiger partial charge in [-0.25, -0.2) is 9.59 Å². The number of nitrogens with one attached hydrogen (secondary N) is 1. The number of carboxylic acid groups (broad SMARTS) is 1. The van der Waals surface area contributed by atoms with Crippen LogP contribution < -0.4 is 5.32 Å². The Morgan fingerprint density at radius 2 is 2.19 bits per heavy atom. The molecular weight excluding hydrogens is 276 g/mol. The van der Waals surface area contributed by atoms with Crippen molar-refractivity contribution in [2.75, 3.05) is 26.9 Å². The molecule has 1 heterocycles. The Labute approximate surface area is 125 Å². The Morgan fingerprint density at radius 3 is 2.81 bits per heavy atom. The minimum absolute atomic E-state index is 0.102. The van der Waals surface area contributed by atoms with E-state index in [0.717, 1.165) is 19.3 Å². The number of aliphatic carboxylic acids is 1. The molecule has 0 bridgehead atoms. The third-order valence-electron chi connectivity index (χ3n) is 3.77. The van der Waals surface area contributed by atoms with Gasteiger partial charge in [0.15, 0.2) is 0 Å². The molecule has 2 unspecified atom stereocenters. The maximum Gasteiger partial charge on any atom is 0.326 e. The highest BCUT2D eigenvalue weighted by Gasteiger charge is 2.30. The first-order valence-electron chi connectivity index (χ1n) is 7.50. The molecule has 7 heteroatoms. The molecule has 0 aromatic heterocycles. The van der Waals surface area contributed by atoms with E-state index in [2.05, 4.69) is 5.32 Å². The zero-order valence-corrected chi connectivity index (χ0v) is 12.6. The molecule has 1 fully saturated rings. The lowest BCUT2D eigenvalue weighted by atomic mass is 10.1. The predicted molar refractivity (Wildman–Crippen MR) is 77.1 cm³/mol. The smallest absolute Gasteiger partial charge is 0.326 e. The van der Waals surface area contributed by atoms with Crippen molar-refractivity contribution in [2.24, 2.45) is 0 Å². The van der Waals surface area contributed by atoms with Crippen molar-refractivity contribution in [3.05, 3.63) is 0 Å². The number of likely N-dealkylation sites (tertiary alicyclic amines) is 1. The summed E-state index contributed by atoms with van der Waals surface area (Å²) in [5.74, 6) is -1.02. The lowest BCUT2D eigenvalue weighted by Gasteiger charge is -2.26. The summed E-state index contributed by atoms with van der Waals surface area (Å²) in [6, 6.07) is -1.10. The summed E-state index contributed by atoms with van der Waals surface area (Å²) in [6.45, 7) is 1.23. The van der Waals surface area contributed by atoms with E-state index < -0.39 is 12.0 Å². The number of aliphatic hydroxyl groups is 1. The Bertz CT molecular complexity index is 337. The normalized spacial score (nSPS) is 19.5. The van der Waals surface area contributed by atoms with E-state index in [0.29, 0.717) is 32.4 Å². The van der Waals surface area contributed by atoms with Gasteiger partial charge in [0.05, 0.1) is 0 Å². The third kappa shape index (κ3) is 5.89. The van der Waals surface area contributed by atoms with Crippen LogP contribution in [0.25, 0.3) is 0 Å². The number of rotatable bonds is 9. The molecule has 0 aromatic carbocycles. The molecule has 1 aliphatic rings. The van der Waals surface area contributed by atoms with E-state index in [9.17, 15) is 9.59 Å². The maximum atomic E-state index is 12.2. The first-order valence-corrected chi connectivity index (χ1v) is 7.50. The molecule has 1 aliphatic heterocycles. The molecule has 2 amide bonds. The van der Waals surface area contributed by atoms with E-state index >= 15 is 0 Å². The summed E-state index contributed by atoms with van der Waals surface area (Å²) in [7, 11) is 1.56. The van der Waals surface area contributed by atoms with Crippen LogP contribution in [0.1, 0.15) is 38.5 Å². The second-order valence-corrected chi connectivity index (χ2v) is 5.33. The molecule has 0 radical (unpaired) electrons. The van der Waals surface area contributed by atoms with Gasteiger partial charge in [0, 0.05) is 32.9 Å². The Hall–Kier alpha value is -1.34. The fourth-order valence-electron chi connectivity index (χ4n) is 2.65. The molecule has 1 rings (SSSR count). The number of amides is 2. The lowest BCUT2D eigenvalue weighted by Crippen LogP contribution is -2.49. The van der Waals surface area contributed by atoms with Gasteiger partial charge in [-0.1, -0.05) is 0 Å². The van der Waals surface area contributed by atoms with Crippen molar-refractivity contribution in [3.63, 3.8) is 0 Å². The number of carboxylic acids is 1. The van der Waals surface area contributed by atoms with Crippen LogP contribution >= 0.6 is 0 Å². The average Bonchev–Trinajstić information content (AvgIpc) is 2.92. The van der Waals surface area contributed by atoms with Gasteiger partial charge in [0.2, 0.25) is 0 Å². The van der Waals surface area contributed by atoms with E-state index in [1.165, 1.54) is 0 Å². The van der Waals surface area contributed by atoms with Crippen LogP contribution in [0.4, 0.5) is 4.79 Å². The number of ether oxygens (including phenoxy) is 1. The van der Waals surface area contributed by atoms with Crippen molar-refractivity contribution >= 4 is 12.0 Å². The van der Waals surface area contributed by atoms with Crippen molar-refractivity contribution in [3.8, 4) is 0 Å². The van der Waals surface area contributed by atoms with Crippen LogP contribution in [0.3, 0.4) is 0 Å². The first-order chi connectivity index (χ1) is 10.1. The summed E-state index contributed by atoms with van der Waals surface area (Å²) in [5.41, 5.74) is 0. The molecule has 21 heavy (non-hydrogen) atoms. The van der Waals surface area contributed by atoms with Crippen molar-refractivity contribution in [1.29, 1.82) is 0 Å². The monoisotopic (exact) mass is 302 g/mol. The second kappa shape index (κ2) is 9.57. The third-order valence-corrected chi connectivity index (χ3v) is 3.77. The van der Waals surface area contributed by atoms with Crippen LogP contribution in [0, 0.1) is 0 Å². The van der Waals surface area contributed by atoms with E-state index in [1.54, 1.807) is 12.0 Å². The van der Waals surface area contributed by atoms with Gasteiger partial charge in [-0.2, -0.15) is 0 Å². The molecule has 3 N–H and O–H groups in total. The Kier molecular flexibility index (Phi) is 8.07.